The van der Waals surface area contributed by atoms with Crippen LogP contribution in [-0.4, -0.2) is 27.6 Å². The minimum atomic E-state index is -0.332. The molecule has 0 saturated heterocycles. The summed E-state index contributed by atoms with van der Waals surface area (Å²) in [5.74, 6) is 0.397. The first-order valence-corrected chi connectivity index (χ1v) is 12.5. The molecule has 6 heteroatoms. The summed E-state index contributed by atoms with van der Waals surface area (Å²) in [6, 6.07) is 22.1. The predicted octanol–water partition coefficient (Wildman–Crippen LogP) is 6.84. The van der Waals surface area contributed by atoms with Crippen LogP contribution in [0, 0.1) is 12.7 Å². The lowest BCUT2D eigenvalue weighted by molar-refractivity contribution is 0.0730. The van der Waals surface area contributed by atoms with Gasteiger partial charge in [0.1, 0.15) is 17.3 Å². The smallest absolute Gasteiger partial charge is 0.273 e. The van der Waals surface area contributed by atoms with Crippen LogP contribution in [0.3, 0.4) is 0 Å². The number of hydrogen-bond donors (Lipinski definition) is 1. The summed E-state index contributed by atoms with van der Waals surface area (Å²) in [6.07, 6.45) is 3.32. The van der Waals surface area contributed by atoms with Crippen LogP contribution in [-0.2, 0) is 6.54 Å². The van der Waals surface area contributed by atoms with E-state index < -0.39 is 0 Å². The molecule has 0 spiro atoms. The van der Waals surface area contributed by atoms with Crippen LogP contribution in [0.15, 0.2) is 72.8 Å². The number of ether oxygens (including phenoxy) is 1. The van der Waals surface area contributed by atoms with E-state index in [9.17, 15) is 9.18 Å². The lowest BCUT2D eigenvalue weighted by atomic mass is 9.95. The molecule has 0 aliphatic carbocycles. The fraction of sp³-hybridized carbons (Fsp3) is 0.267. The van der Waals surface area contributed by atoms with Gasteiger partial charge >= 0.3 is 0 Å². The number of rotatable bonds is 9. The quantitative estimate of drug-likeness (QED) is 0.265. The van der Waals surface area contributed by atoms with E-state index in [4.69, 9.17) is 4.74 Å². The number of unbranched alkanes of at least 4 members (excludes halogenated alkanes) is 2. The molecule has 1 aromatic heterocycles. The first kappa shape index (κ1) is 23.8. The van der Waals surface area contributed by atoms with Crippen molar-refractivity contribution in [2.24, 2.45) is 0 Å². The summed E-state index contributed by atoms with van der Waals surface area (Å²) >= 11 is 0. The van der Waals surface area contributed by atoms with Crippen LogP contribution in [0.5, 0.6) is 5.75 Å². The maximum atomic E-state index is 13.6. The summed E-state index contributed by atoms with van der Waals surface area (Å²) in [6.45, 7) is 5.26. The lowest BCUT2D eigenvalue weighted by Gasteiger charge is -2.26. The molecule has 36 heavy (non-hydrogen) atoms. The normalized spacial score (nSPS) is 14.8. The molecule has 1 aliphatic rings. The molecule has 0 fully saturated rings. The summed E-state index contributed by atoms with van der Waals surface area (Å²) in [7, 11) is 0. The molecule has 1 atom stereocenters. The molecule has 1 unspecified atom stereocenters. The van der Waals surface area contributed by atoms with Crippen LogP contribution in [0.2, 0.25) is 0 Å². The first-order chi connectivity index (χ1) is 17.5. The highest BCUT2D eigenvalue weighted by atomic mass is 19.1. The number of aryl methyl sites for hydroxylation is 1. The van der Waals surface area contributed by atoms with Crippen molar-refractivity contribution in [3.63, 3.8) is 0 Å². The van der Waals surface area contributed by atoms with Crippen LogP contribution < -0.4 is 4.74 Å². The molecule has 3 aromatic carbocycles. The fourth-order valence-corrected chi connectivity index (χ4v) is 4.71. The molecule has 1 aliphatic heterocycles. The minimum absolute atomic E-state index is 0.120. The molecule has 5 nitrogen and oxygen atoms in total. The Hall–Kier alpha value is -3.93. The largest absolute Gasteiger partial charge is 0.494 e. The maximum absolute atomic E-state index is 13.6. The number of halogens is 1. The fourth-order valence-electron chi connectivity index (χ4n) is 4.71. The van der Waals surface area contributed by atoms with Crippen LogP contribution in [0.4, 0.5) is 4.39 Å². The average molecular weight is 484 g/mol. The van der Waals surface area contributed by atoms with Gasteiger partial charge in [-0.3, -0.25) is 9.89 Å². The third-order valence-electron chi connectivity index (χ3n) is 6.67. The predicted molar refractivity (Wildman–Crippen MR) is 138 cm³/mol. The number of aromatic amines is 1. The molecule has 184 valence electrons. The van der Waals surface area contributed by atoms with Gasteiger partial charge in [0.15, 0.2) is 0 Å². The van der Waals surface area contributed by atoms with Gasteiger partial charge in [-0.05, 0) is 48.7 Å². The second-order valence-electron chi connectivity index (χ2n) is 9.31. The maximum Gasteiger partial charge on any atom is 0.273 e. The molecule has 1 N–H and O–H groups in total. The van der Waals surface area contributed by atoms with Crippen molar-refractivity contribution in [2.45, 2.75) is 45.7 Å². The molecule has 0 radical (unpaired) electrons. The van der Waals surface area contributed by atoms with Crippen molar-refractivity contribution in [3.8, 4) is 17.0 Å². The van der Waals surface area contributed by atoms with Gasteiger partial charge in [-0.25, -0.2) is 4.39 Å². The SMILES string of the molecule is CCCCCOc1ccc(C2c3c(-c4ccc(C)cc4)n[nH]c3C(=O)N2Cc2ccc(F)cc2)cc1. The minimum Gasteiger partial charge on any atom is -0.494 e. The van der Waals surface area contributed by atoms with Gasteiger partial charge in [0.05, 0.1) is 18.3 Å². The molecule has 5 rings (SSSR count). The van der Waals surface area contributed by atoms with Crippen LogP contribution in [0.25, 0.3) is 11.3 Å². The molecular formula is C30H30FN3O2. The highest BCUT2D eigenvalue weighted by molar-refractivity contribution is 6.00. The number of benzene rings is 3. The Morgan fingerprint density at radius 3 is 2.39 bits per heavy atom. The zero-order chi connectivity index (χ0) is 25.1. The van der Waals surface area contributed by atoms with Crippen molar-refractivity contribution < 1.29 is 13.9 Å². The Balaban J connectivity index is 1.51. The van der Waals surface area contributed by atoms with Crippen molar-refractivity contribution in [2.75, 3.05) is 6.61 Å². The standard InChI is InChI=1S/C30H30FN3O2/c1-3-4-5-18-36-25-16-12-23(13-17-25)29-26-27(22-10-6-20(2)7-11-22)32-33-28(26)30(35)34(29)19-21-8-14-24(31)15-9-21/h6-17,29H,3-5,18-19H2,1-2H3,(H,32,33). The summed E-state index contributed by atoms with van der Waals surface area (Å²) in [4.78, 5) is 15.4. The summed E-state index contributed by atoms with van der Waals surface area (Å²) in [5.41, 5.74) is 6.08. The Bertz CT molecular complexity index is 1330. The third kappa shape index (κ3) is 4.76. The Morgan fingerprint density at radius 2 is 1.69 bits per heavy atom. The molecule has 1 amide bonds. The highest BCUT2D eigenvalue weighted by Crippen LogP contribution is 2.43. The molecule has 0 saturated carbocycles. The van der Waals surface area contributed by atoms with Crippen molar-refractivity contribution in [1.29, 1.82) is 0 Å². The third-order valence-corrected chi connectivity index (χ3v) is 6.67. The van der Waals surface area contributed by atoms with E-state index in [1.54, 1.807) is 12.1 Å². The second-order valence-corrected chi connectivity index (χ2v) is 9.31. The zero-order valence-corrected chi connectivity index (χ0v) is 20.6. The second kappa shape index (κ2) is 10.4. The molecular weight excluding hydrogens is 453 g/mol. The summed E-state index contributed by atoms with van der Waals surface area (Å²) in [5, 5.41) is 7.54. The van der Waals surface area contributed by atoms with Crippen LogP contribution >= 0.6 is 0 Å². The van der Waals surface area contributed by atoms with E-state index >= 15 is 0 Å². The van der Waals surface area contributed by atoms with Gasteiger partial charge in [0.2, 0.25) is 0 Å². The van der Waals surface area contributed by atoms with E-state index in [2.05, 4.69) is 17.1 Å². The van der Waals surface area contributed by atoms with Gasteiger partial charge in [0.25, 0.3) is 5.91 Å². The highest BCUT2D eigenvalue weighted by Gasteiger charge is 2.42. The van der Waals surface area contributed by atoms with Crippen LogP contribution in [0.1, 0.15) is 65.0 Å². The lowest BCUT2D eigenvalue weighted by Crippen LogP contribution is -2.29. The van der Waals surface area contributed by atoms with Crippen molar-refractivity contribution in [3.05, 3.63) is 107 Å². The molecule has 0 bridgehead atoms. The number of carbonyl (C=O) groups excluding carboxylic acids is 1. The number of hydrogen-bond acceptors (Lipinski definition) is 3. The molecule has 4 aromatic rings. The molecule has 2 heterocycles. The topological polar surface area (TPSA) is 58.2 Å². The number of nitrogens with one attached hydrogen (secondary N) is 1. The number of aromatic nitrogens is 2. The Labute approximate surface area is 210 Å². The van der Waals surface area contributed by atoms with Gasteiger partial charge in [0, 0.05) is 17.7 Å². The summed E-state index contributed by atoms with van der Waals surface area (Å²) < 4.78 is 19.4. The number of fused-ring (bicyclic) bond motifs is 1. The Kier molecular flexibility index (Phi) is 6.85. The van der Waals surface area contributed by atoms with Gasteiger partial charge in [-0.1, -0.05) is 73.9 Å². The van der Waals surface area contributed by atoms with Crippen molar-refractivity contribution >= 4 is 5.91 Å². The van der Waals surface area contributed by atoms with E-state index in [1.165, 1.54) is 12.1 Å². The number of H-pyrrole nitrogens is 1. The van der Waals surface area contributed by atoms with Crippen molar-refractivity contribution in [1.82, 2.24) is 15.1 Å². The van der Waals surface area contributed by atoms with E-state index in [0.29, 0.717) is 18.8 Å². The average Bonchev–Trinajstić information content (AvgIpc) is 3.43. The van der Waals surface area contributed by atoms with E-state index in [1.807, 2.05) is 60.4 Å². The van der Waals surface area contributed by atoms with Gasteiger partial charge in [-0.2, -0.15) is 5.10 Å². The number of nitrogens with zero attached hydrogens (tertiary/aromatic N) is 2. The Morgan fingerprint density at radius 1 is 0.972 bits per heavy atom. The van der Waals surface area contributed by atoms with E-state index in [-0.39, 0.29) is 17.8 Å². The number of amides is 1. The van der Waals surface area contributed by atoms with E-state index in [0.717, 1.165) is 58.5 Å². The van der Waals surface area contributed by atoms with Gasteiger partial charge < -0.3 is 9.64 Å². The van der Waals surface area contributed by atoms with Gasteiger partial charge in [-0.15, -0.1) is 0 Å². The monoisotopic (exact) mass is 483 g/mol. The zero-order valence-electron chi connectivity index (χ0n) is 20.6. The first-order valence-electron chi connectivity index (χ1n) is 12.5. The number of carbonyl (C=O) groups is 1.